The summed E-state index contributed by atoms with van der Waals surface area (Å²) in [6.45, 7) is 4.59. The fourth-order valence-electron chi connectivity index (χ4n) is 2.26. The van der Waals surface area contributed by atoms with Crippen molar-refractivity contribution in [3.63, 3.8) is 0 Å². The van der Waals surface area contributed by atoms with E-state index in [0.29, 0.717) is 6.61 Å². The molecular formula is C11H19F2N3O3. The van der Waals surface area contributed by atoms with Gasteiger partial charge < -0.3 is 9.64 Å². The first-order valence-corrected chi connectivity index (χ1v) is 6.19. The van der Waals surface area contributed by atoms with Gasteiger partial charge in [-0.1, -0.05) is 0 Å². The van der Waals surface area contributed by atoms with Crippen molar-refractivity contribution in [1.82, 2.24) is 4.90 Å². The van der Waals surface area contributed by atoms with Crippen LogP contribution in [0.25, 0.3) is 0 Å². The zero-order valence-corrected chi connectivity index (χ0v) is 11.3. The molecule has 0 bridgehead atoms. The molecule has 0 amide bonds. The summed E-state index contributed by atoms with van der Waals surface area (Å²) >= 11 is 0. The highest BCUT2D eigenvalue weighted by Gasteiger charge is 2.53. The van der Waals surface area contributed by atoms with Crippen LogP contribution in [0.15, 0.2) is 4.99 Å². The lowest BCUT2D eigenvalue weighted by molar-refractivity contribution is -0.618. The molecule has 0 saturated carbocycles. The Morgan fingerprint density at radius 2 is 2.26 bits per heavy atom. The van der Waals surface area contributed by atoms with Crippen LogP contribution >= 0.6 is 0 Å². The van der Waals surface area contributed by atoms with Gasteiger partial charge in [-0.2, -0.15) is 0 Å². The Balaban J connectivity index is 2.80. The average Bonchev–Trinajstić information content (AvgIpc) is 2.73. The minimum absolute atomic E-state index is 0.0919. The number of amidine groups is 1. The summed E-state index contributed by atoms with van der Waals surface area (Å²) in [4.78, 5) is 13.5. The number of hydrogen-bond donors (Lipinski definition) is 0. The van der Waals surface area contributed by atoms with Gasteiger partial charge in [0.25, 0.3) is 5.84 Å². The number of alkyl halides is 2. The van der Waals surface area contributed by atoms with E-state index in [0.717, 1.165) is 13.5 Å². The molecule has 1 saturated heterocycles. The van der Waals surface area contributed by atoms with Gasteiger partial charge in [-0.15, -0.1) is 8.78 Å². The Bertz CT molecular complexity index is 363. The van der Waals surface area contributed by atoms with Crippen LogP contribution in [-0.4, -0.2) is 54.6 Å². The molecule has 1 aliphatic heterocycles. The molecule has 0 aromatic heterocycles. The normalized spacial score (nSPS) is 24.6. The van der Waals surface area contributed by atoms with Crippen LogP contribution in [-0.2, 0) is 4.74 Å². The number of nitrogens with zero attached hydrogens (tertiary/aromatic N) is 3. The first kappa shape index (κ1) is 15.7. The summed E-state index contributed by atoms with van der Waals surface area (Å²) in [5, 5.41) is 10.5. The molecular weight excluding hydrogens is 260 g/mol. The molecule has 1 heterocycles. The van der Waals surface area contributed by atoms with E-state index in [9.17, 15) is 18.9 Å². The van der Waals surface area contributed by atoms with Crippen LogP contribution in [0.2, 0.25) is 0 Å². The first-order valence-electron chi connectivity index (χ1n) is 6.19. The van der Waals surface area contributed by atoms with Gasteiger partial charge >= 0.3 is 6.05 Å². The quantitative estimate of drug-likeness (QED) is 0.252. The van der Waals surface area contributed by atoms with E-state index in [1.54, 1.807) is 6.92 Å². The van der Waals surface area contributed by atoms with Gasteiger partial charge in [0.2, 0.25) is 0 Å². The lowest BCUT2D eigenvalue weighted by atomic mass is 10.1. The molecule has 19 heavy (non-hydrogen) atoms. The second kappa shape index (κ2) is 6.23. The molecule has 0 N–H and O–H groups in total. The van der Waals surface area contributed by atoms with E-state index in [-0.39, 0.29) is 25.1 Å². The molecule has 0 aromatic carbocycles. The van der Waals surface area contributed by atoms with Crippen LogP contribution in [0.4, 0.5) is 8.78 Å². The van der Waals surface area contributed by atoms with E-state index in [1.165, 1.54) is 4.90 Å². The monoisotopic (exact) mass is 279 g/mol. The van der Waals surface area contributed by atoms with Gasteiger partial charge in [-0.05, 0) is 20.3 Å². The van der Waals surface area contributed by atoms with Crippen LogP contribution in [0.5, 0.6) is 0 Å². The Morgan fingerprint density at radius 3 is 2.63 bits per heavy atom. The molecule has 0 aromatic rings. The molecule has 1 aliphatic rings. The highest BCUT2D eigenvalue weighted by Crippen LogP contribution is 2.24. The number of likely N-dealkylation sites (N-methyl/N-ethyl adjacent to an activating group) is 1. The SMILES string of the molecule is CCN(CC1COC(C)C1)C(=NC)C(F)(F)[N+](=O)[O-]. The third kappa shape index (κ3) is 3.59. The number of nitro groups is 1. The van der Waals surface area contributed by atoms with Crippen molar-refractivity contribution in [1.29, 1.82) is 0 Å². The van der Waals surface area contributed by atoms with E-state index in [2.05, 4.69) is 4.99 Å². The Labute approximate surface area is 110 Å². The molecule has 2 atom stereocenters. The Kier molecular flexibility index (Phi) is 5.16. The van der Waals surface area contributed by atoms with Crippen molar-refractivity contribution >= 4 is 5.84 Å². The molecule has 1 rings (SSSR count). The molecule has 0 radical (unpaired) electrons. The zero-order chi connectivity index (χ0) is 14.6. The summed E-state index contributed by atoms with van der Waals surface area (Å²) in [7, 11) is 1.14. The van der Waals surface area contributed by atoms with Crippen molar-refractivity contribution in [2.24, 2.45) is 10.9 Å². The fourth-order valence-corrected chi connectivity index (χ4v) is 2.26. The van der Waals surface area contributed by atoms with Gasteiger partial charge in [-0.3, -0.25) is 15.1 Å². The van der Waals surface area contributed by atoms with Gasteiger partial charge in [0.15, 0.2) is 0 Å². The highest BCUT2D eigenvalue weighted by molar-refractivity contribution is 5.87. The summed E-state index contributed by atoms with van der Waals surface area (Å²) in [6.07, 6.45) is 0.860. The molecule has 8 heteroatoms. The molecule has 2 unspecified atom stereocenters. The number of ether oxygens (including phenoxy) is 1. The smallest absolute Gasteiger partial charge is 0.378 e. The molecule has 110 valence electrons. The van der Waals surface area contributed by atoms with E-state index in [1.807, 2.05) is 6.92 Å². The number of halogens is 2. The summed E-state index contributed by atoms with van der Waals surface area (Å²) in [5.41, 5.74) is 0. The standard InChI is InChI=1S/C11H19F2N3O3/c1-4-15(6-9-5-8(2)19-7-9)10(14-3)11(12,13)16(17)18/h8-9H,4-7H2,1-3H3. The maximum atomic E-state index is 13.5. The van der Waals surface area contributed by atoms with Gasteiger partial charge in [0, 0.05) is 26.1 Å². The molecule has 1 fully saturated rings. The number of aliphatic imine (C=N–C) groups is 1. The topological polar surface area (TPSA) is 68.0 Å². The van der Waals surface area contributed by atoms with Crippen molar-refractivity contribution in [3.8, 4) is 0 Å². The second-order valence-electron chi connectivity index (χ2n) is 4.63. The largest absolute Gasteiger partial charge is 0.572 e. The highest BCUT2D eigenvalue weighted by atomic mass is 19.3. The fraction of sp³-hybridized carbons (Fsp3) is 0.909. The van der Waals surface area contributed by atoms with E-state index in [4.69, 9.17) is 4.74 Å². The minimum Gasteiger partial charge on any atom is -0.378 e. The average molecular weight is 279 g/mol. The number of hydrogen-bond acceptors (Lipinski definition) is 4. The van der Waals surface area contributed by atoms with Crippen molar-refractivity contribution in [2.45, 2.75) is 32.4 Å². The molecule has 0 aliphatic carbocycles. The van der Waals surface area contributed by atoms with Gasteiger partial charge in [0.1, 0.15) is 4.92 Å². The summed E-state index contributed by atoms with van der Waals surface area (Å²) < 4.78 is 32.4. The predicted octanol–water partition coefficient (Wildman–Crippen LogP) is 1.63. The van der Waals surface area contributed by atoms with Crippen molar-refractivity contribution in [2.75, 3.05) is 26.7 Å². The first-order chi connectivity index (χ1) is 8.82. The Morgan fingerprint density at radius 1 is 1.63 bits per heavy atom. The summed E-state index contributed by atoms with van der Waals surface area (Å²) in [5.74, 6) is -0.700. The van der Waals surface area contributed by atoms with Crippen LogP contribution in [0.1, 0.15) is 20.3 Å². The molecule has 6 nitrogen and oxygen atoms in total. The maximum Gasteiger partial charge on any atom is 0.572 e. The van der Waals surface area contributed by atoms with Crippen LogP contribution < -0.4 is 0 Å². The summed E-state index contributed by atoms with van der Waals surface area (Å²) in [6, 6.07) is -4.16. The van der Waals surface area contributed by atoms with Crippen LogP contribution in [0, 0.1) is 16.0 Å². The zero-order valence-electron chi connectivity index (χ0n) is 11.3. The Hall–Kier alpha value is -1.31. The van der Waals surface area contributed by atoms with E-state index >= 15 is 0 Å². The number of rotatable bonds is 5. The third-order valence-electron chi connectivity index (χ3n) is 3.15. The lowest BCUT2D eigenvalue weighted by Crippen LogP contribution is -2.49. The maximum absolute atomic E-state index is 13.5. The predicted molar refractivity (Wildman–Crippen MR) is 66.1 cm³/mol. The lowest BCUT2D eigenvalue weighted by Gasteiger charge is -2.27. The third-order valence-corrected chi connectivity index (χ3v) is 3.15. The van der Waals surface area contributed by atoms with Gasteiger partial charge in [-0.25, -0.2) is 0 Å². The van der Waals surface area contributed by atoms with Gasteiger partial charge in [0.05, 0.1) is 12.7 Å². The minimum atomic E-state index is -4.16. The van der Waals surface area contributed by atoms with Crippen molar-refractivity contribution in [3.05, 3.63) is 10.1 Å². The second-order valence-corrected chi connectivity index (χ2v) is 4.63. The van der Waals surface area contributed by atoms with Crippen LogP contribution in [0.3, 0.4) is 0 Å². The van der Waals surface area contributed by atoms with Crippen molar-refractivity contribution < 1.29 is 18.4 Å². The van der Waals surface area contributed by atoms with E-state index < -0.39 is 16.8 Å². The molecule has 0 spiro atoms.